The van der Waals surface area contributed by atoms with Crippen LogP contribution in [0.25, 0.3) is 22.3 Å². The van der Waals surface area contributed by atoms with Crippen molar-refractivity contribution in [3.63, 3.8) is 0 Å². The van der Waals surface area contributed by atoms with Crippen LogP contribution in [0.3, 0.4) is 0 Å². The number of hydrogen-bond donors (Lipinski definition) is 8. The fourth-order valence-electron chi connectivity index (χ4n) is 3.64. The molecular formula is C22H23O12+. The molecule has 1 fully saturated rings. The number of aromatic hydroxyl groups is 4. The lowest BCUT2D eigenvalue weighted by molar-refractivity contribution is -0.277. The number of ether oxygens (including phenoxy) is 3. The molecule has 34 heavy (non-hydrogen) atoms. The first-order valence-corrected chi connectivity index (χ1v) is 10.0. The van der Waals surface area contributed by atoms with Gasteiger partial charge in [0.25, 0.3) is 0 Å². The van der Waals surface area contributed by atoms with E-state index in [4.69, 9.17) is 18.6 Å². The van der Waals surface area contributed by atoms with Gasteiger partial charge in [-0.1, -0.05) is 0 Å². The number of phenols is 4. The highest BCUT2D eigenvalue weighted by molar-refractivity contribution is 5.88. The molecule has 1 aliphatic heterocycles. The van der Waals surface area contributed by atoms with Crippen molar-refractivity contribution in [3.05, 3.63) is 30.3 Å². The summed E-state index contributed by atoms with van der Waals surface area (Å²) in [5, 5.41) is 80.1. The Bertz CT molecular complexity index is 1210. The van der Waals surface area contributed by atoms with Gasteiger partial charge < -0.3 is 55.1 Å². The monoisotopic (exact) mass is 479 g/mol. The Morgan fingerprint density at radius 2 is 1.62 bits per heavy atom. The van der Waals surface area contributed by atoms with E-state index in [9.17, 15) is 40.9 Å². The number of methoxy groups -OCH3 is 1. The lowest BCUT2D eigenvalue weighted by Crippen LogP contribution is -2.60. The third-order valence-electron chi connectivity index (χ3n) is 5.44. The van der Waals surface area contributed by atoms with E-state index in [1.807, 2.05) is 0 Å². The van der Waals surface area contributed by atoms with Crippen LogP contribution < -0.4 is 9.47 Å². The number of benzene rings is 2. The number of phenolic OH excluding ortho intramolecular Hbond substituents is 4. The van der Waals surface area contributed by atoms with Gasteiger partial charge in [0.1, 0.15) is 41.3 Å². The van der Waals surface area contributed by atoms with Crippen LogP contribution in [0.2, 0.25) is 0 Å². The van der Waals surface area contributed by atoms with E-state index < -0.39 is 48.8 Å². The summed E-state index contributed by atoms with van der Waals surface area (Å²) in [7, 11) is 1.26. The van der Waals surface area contributed by atoms with E-state index in [1.54, 1.807) is 0 Å². The summed E-state index contributed by atoms with van der Waals surface area (Å²) in [6.07, 6.45) is -7.88. The fourth-order valence-corrected chi connectivity index (χ4v) is 3.64. The summed E-state index contributed by atoms with van der Waals surface area (Å²) in [5.41, 5.74) is 0.136. The van der Waals surface area contributed by atoms with Crippen molar-refractivity contribution in [3.8, 4) is 45.8 Å². The maximum atomic E-state index is 10.4. The van der Waals surface area contributed by atoms with Crippen LogP contribution in [0, 0.1) is 0 Å². The van der Waals surface area contributed by atoms with Crippen LogP contribution >= 0.6 is 0 Å². The zero-order chi connectivity index (χ0) is 24.7. The van der Waals surface area contributed by atoms with Gasteiger partial charge in [0, 0.05) is 24.3 Å². The Morgan fingerprint density at radius 1 is 0.882 bits per heavy atom. The van der Waals surface area contributed by atoms with Gasteiger partial charge in [-0.25, -0.2) is 4.42 Å². The molecule has 0 saturated carbocycles. The van der Waals surface area contributed by atoms with E-state index in [1.165, 1.54) is 25.3 Å². The SMILES string of the molecule is COc1cc(-c2[o+]c3cc(O)cc(O)c3cc2O[C@@H]2O[C@@H](CO)[C@@H](O)[C@@H](O)[C@@H]2O)cc(O)c1O. The van der Waals surface area contributed by atoms with Crippen molar-refractivity contribution in [2.24, 2.45) is 0 Å². The molecule has 4 rings (SSSR count). The van der Waals surface area contributed by atoms with Crippen LogP contribution in [0.15, 0.2) is 34.7 Å². The molecule has 3 aromatic rings. The van der Waals surface area contributed by atoms with Crippen molar-refractivity contribution in [2.75, 3.05) is 13.7 Å². The van der Waals surface area contributed by atoms with Crippen LogP contribution in [0.4, 0.5) is 0 Å². The first-order valence-electron chi connectivity index (χ1n) is 10.0. The summed E-state index contributed by atoms with van der Waals surface area (Å²) >= 11 is 0. The standard InChI is InChI=1S/C22H22O12/c1-31-14-3-8(2-12(26)17(14)27)21-15(6-10-11(25)4-9(24)5-13(10)32-21)33-22-20(30)19(29)18(28)16(7-23)34-22/h2-6,16,18-20,22-23,28-30H,7H2,1H3,(H3-,24,25,26,27)/p+1/t16-,18+,19+,20-,22+/m0/s1. The maximum Gasteiger partial charge on any atom is 0.402 e. The van der Waals surface area contributed by atoms with Crippen LogP contribution in [0.5, 0.6) is 34.5 Å². The van der Waals surface area contributed by atoms with Gasteiger partial charge in [0.05, 0.1) is 25.3 Å². The highest BCUT2D eigenvalue weighted by Crippen LogP contribution is 2.45. The second-order valence-electron chi connectivity index (χ2n) is 7.68. The Kier molecular flexibility index (Phi) is 6.25. The lowest BCUT2D eigenvalue weighted by atomic mass is 9.99. The summed E-state index contributed by atoms with van der Waals surface area (Å²) in [6.45, 7) is -0.678. The summed E-state index contributed by atoms with van der Waals surface area (Å²) in [5.74, 6) is -2.12. The minimum absolute atomic E-state index is 0.0141. The number of hydrogen-bond acceptors (Lipinski definition) is 11. The predicted octanol–water partition coefficient (Wildman–Crippen LogP) is 0.391. The van der Waals surface area contributed by atoms with Gasteiger partial charge in [0.2, 0.25) is 17.8 Å². The Hall–Kier alpha value is -3.55. The average molecular weight is 479 g/mol. The second-order valence-corrected chi connectivity index (χ2v) is 7.68. The molecule has 2 aromatic carbocycles. The van der Waals surface area contributed by atoms with Gasteiger partial charge in [-0.15, -0.1) is 0 Å². The van der Waals surface area contributed by atoms with E-state index in [0.29, 0.717) is 0 Å². The topological polar surface area (TPSA) is 201 Å². The van der Waals surface area contributed by atoms with Crippen molar-refractivity contribution in [2.45, 2.75) is 30.7 Å². The Labute approximate surface area is 191 Å². The highest BCUT2D eigenvalue weighted by atomic mass is 16.7. The summed E-state index contributed by atoms with van der Waals surface area (Å²) < 4.78 is 22.0. The third-order valence-corrected chi connectivity index (χ3v) is 5.44. The Balaban J connectivity index is 1.87. The molecule has 0 spiro atoms. The molecule has 1 saturated heterocycles. The molecule has 0 amide bonds. The summed E-state index contributed by atoms with van der Waals surface area (Å²) in [4.78, 5) is 0. The predicted molar refractivity (Wildman–Crippen MR) is 114 cm³/mol. The quantitative estimate of drug-likeness (QED) is 0.185. The van der Waals surface area contributed by atoms with E-state index in [0.717, 1.165) is 12.1 Å². The van der Waals surface area contributed by atoms with Crippen molar-refractivity contribution < 1.29 is 59.5 Å². The maximum absolute atomic E-state index is 10.4. The molecule has 0 radical (unpaired) electrons. The molecule has 1 aromatic heterocycles. The molecule has 5 atom stereocenters. The van der Waals surface area contributed by atoms with Crippen LogP contribution in [-0.4, -0.2) is 85.3 Å². The van der Waals surface area contributed by atoms with Crippen molar-refractivity contribution in [1.29, 1.82) is 0 Å². The van der Waals surface area contributed by atoms with Crippen molar-refractivity contribution >= 4 is 11.0 Å². The molecule has 12 heteroatoms. The van der Waals surface area contributed by atoms with Gasteiger partial charge in [-0.3, -0.25) is 0 Å². The minimum atomic E-state index is -1.74. The smallest absolute Gasteiger partial charge is 0.402 e. The van der Waals surface area contributed by atoms with Crippen LogP contribution in [-0.2, 0) is 4.74 Å². The molecular weight excluding hydrogens is 456 g/mol. The number of aliphatic hydroxyl groups is 4. The lowest BCUT2D eigenvalue weighted by Gasteiger charge is -2.39. The van der Waals surface area contributed by atoms with Crippen molar-refractivity contribution in [1.82, 2.24) is 0 Å². The highest BCUT2D eigenvalue weighted by Gasteiger charge is 2.45. The normalized spacial score (nSPS) is 24.8. The largest absolute Gasteiger partial charge is 0.507 e. The van der Waals surface area contributed by atoms with E-state index in [-0.39, 0.29) is 45.3 Å². The first-order chi connectivity index (χ1) is 16.1. The molecule has 0 unspecified atom stereocenters. The molecule has 2 heterocycles. The van der Waals surface area contributed by atoms with Gasteiger partial charge in [0.15, 0.2) is 11.5 Å². The molecule has 0 aliphatic carbocycles. The van der Waals surface area contributed by atoms with E-state index >= 15 is 0 Å². The molecule has 12 nitrogen and oxygen atoms in total. The number of fused-ring (bicyclic) bond motifs is 1. The zero-order valence-electron chi connectivity index (χ0n) is 17.7. The van der Waals surface area contributed by atoms with Gasteiger partial charge in [-0.05, 0) is 0 Å². The first kappa shape index (κ1) is 23.6. The van der Waals surface area contributed by atoms with Crippen LogP contribution in [0.1, 0.15) is 0 Å². The molecule has 182 valence electrons. The average Bonchev–Trinajstić information content (AvgIpc) is 2.81. The number of aliphatic hydroxyl groups excluding tert-OH is 4. The van der Waals surface area contributed by atoms with E-state index in [2.05, 4.69) is 0 Å². The number of rotatable bonds is 5. The molecule has 8 N–H and O–H groups in total. The zero-order valence-corrected chi connectivity index (χ0v) is 17.7. The minimum Gasteiger partial charge on any atom is -0.507 e. The third kappa shape index (κ3) is 4.08. The van der Waals surface area contributed by atoms with Gasteiger partial charge in [-0.2, -0.15) is 0 Å². The Morgan fingerprint density at radius 3 is 2.29 bits per heavy atom. The fraction of sp³-hybridized carbons (Fsp3) is 0.318. The molecule has 0 bridgehead atoms. The summed E-state index contributed by atoms with van der Waals surface area (Å²) in [6, 6.07) is 6.01. The second kappa shape index (κ2) is 9.00. The molecule has 1 aliphatic rings. The van der Waals surface area contributed by atoms with Gasteiger partial charge >= 0.3 is 11.3 Å².